The van der Waals surface area contributed by atoms with Crippen molar-refractivity contribution in [3.8, 4) is 5.75 Å². The number of amides is 1. The van der Waals surface area contributed by atoms with Crippen LogP contribution in [0.3, 0.4) is 0 Å². The predicted molar refractivity (Wildman–Crippen MR) is 122 cm³/mol. The SMILES string of the molecule is O=C(O)c1cc2ccccc2cc1OCC(=O)N1C2CCC1CN(Cc1ccc(F)cc1)C2. The number of benzene rings is 3. The van der Waals surface area contributed by atoms with Crippen molar-refractivity contribution in [2.24, 2.45) is 0 Å². The van der Waals surface area contributed by atoms with Gasteiger partial charge in [0.15, 0.2) is 6.61 Å². The molecule has 2 atom stereocenters. The zero-order valence-electron chi connectivity index (χ0n) is 18.1. The predicted octanol–water partition coefficient (Wildman–Crippen LogP) is 3.93. The Hall–Kier alpha value is -3.45. The molecule has 6 nitrogen and oxygen atoms in total. The minimum Gasteiger partial charge on any atom is -0.483 e. The Labute approximate surface area is 191 Å². The average Bonchev–Trinajstić information content (AvgIpc) is 3.08. The van der Waals surface area contributed by atoms with Crippen LogP contribution in [0.4, 0.5) is 4.39 Å². The molecule has 2 heterocycles. The average molecular weight is 448 g/mol. The number of halogens is 1. The topological polar surface area (TPSA) is 70.1 Å². The molecule has 2 fully saturated rings. The molecule has 3 aromatic rings. The molecule has 0 saturated carbocycles. The summed E-state index contributed by atoms with van der Waals surface area (Å²) in [6.07, 6.45) is 1.87. The highest BCUT2D eigenvalue weighted by Crippen LogP contribution is 2.32. The van der Waals surface area contributed by atoms with Gasteiger partial charge in [-0.25, -0.2) is 9.18 Å². The summed E-state index contributed by atoms with van der Waals surface area (Å²) in [6, 6.07) is 17.5. The maximum absolute atomic E-state index is 13.2. The standard InChI is InChI=1S/C26H25FN2O4/c27-20-7-5-17(6-8-20)13-28-14-21-9-10-22(15-28)29(21)25(30)16-33-24-12-19-4-2-1-3-18(19)11-23(24)26(31)32/h1-8,11-12,21-22H,9-10,13-16H2,(H,31,32). The summed E-state index contributed by atoms with van der Waals surface area (Å²) < 4.78 is 18.9. The summed E-state index contributed by atoms with van der Waals surface area (Å²) in [7, 11) is 0. The van der Waals surface area contributed by atoms with Crippen LogP contribution in [-0.4, -0.2) is 58.6 Å². The molecule has 170 valence electrons. The first-order chi connectivity index (χ1) is 16.0. The zero-order chi connectivity index (χ0) is 22.9. The van der Waals surface area contributed by atoms with E-state index in [1.165, 1.54) is 12.1 Å². The number of hydrogen-bond acceptors (Lipinski definition) is 4. The van der Waals surface area contributed by atoms with Gasteiger partial charge in [-0.1, -0.05) is 36.4 Å². The van der Waals surface area contributed by atoms with Gasteiger partial charge in [0.1, 0.15) is 17.1 Å². The van der Waals surface area contributed by atoms with Crippen molar-refractivity contribution in [3.63, 3.8) is 0 Å². The van der Waals surface area contributed by atoms with E-state index in [1.807, 2.05) is 29.2 Å². The Morgan fingerprint density at radius 1 is 0.970 bits per heavy atom. The summed E-state index contributed by atoms with van der Waals surface area (Å²) in [5.74, 6) is -1.24. The van der Waals surface area contributed by atoms with Gasteiger partial charge in [0.05, 0.1) is 0 Å². The maximum atomic E-state index is 13.2. The number of likely N-dealkylation sites (tertiary alicyclic amines) is 1. The number of carboxylic acid groups (broad SMARTS) is 1. The molecule has 0 radical (unpaired) electrons. The van der Waals surface area contributed by atoms with E-state index in [0.717, 1.165) is 48.8 Å². The van der Waals surface area contributed by atoms with Crippen molar-refractivity contribution < 1.29 is 23.8 Å². The normalized spacial score (nSPS) is 20.2. The van der Waals surface area contributed by atoms with Gasteiger partial charge in [-0.3, -0.25) is 9.69 Å². The lowest BCUT2D eigenvalue weighted by Crippen LogP contribution is -2.56. The Balaban J connectivity index is 1.25. The van der Waals surface area contributed by atoms with Crippen molar-refractivity contribution in [2.75, 3.05) is 19.7 Å². The first-order valence-electron chi connectivity index (χ1n) is 11.1. The Bertz CT molecular complexity index is 1180. The number of ether oxygens (including phenoxy) is 1. The van der Waals surface area contributed by atoms with Crippen LogP contribution >= 0.6 is 0 Å². The van der Waals surface area contributed by atoms with Gasteiger partial charge in [0, 0.05) is 31.7 Å². The second-order valence-corrected chi connectivity index (χ2v) is 8.80. The van der Waals surface area contributed by atoms with Crippen molar-refractivity contribution in [1.82, 2.24) is 9.80 Å². The lowest BCUT2D eigenvalue weighted by Gasteiger charge is -2.41. The second-order valence-electron chi connectivity index (χ2n) is 8.80. The highest BCUT2D eigenvalue weighted by molar-refractivity contribution is 5.97. The number of nitrogens with zero attached hydrogens (tertiary/aromatic N) is 2. The first kappa shape index (κ1) is 21.4. The molecule has 2 saturated heterocycles. The van der Waals surface area contributed by atoms with E-state index < -0.39 is 5.97 Å². The van der Waals surface area contributed by atoms with Gasteiger partial charge in [-0.15, -0.1) is 0 Å². The van der Waals surface area contributed by atoms with E-state index in [0.29, 0.717) is 0 Å². The van der Waals surface area contributed by atoms with Crippen molar-refractivity contribution in [2.45, 2.75) is 31.5 Å². The molecular weight excluding hydrogens is 423 g/mol. The molecule has 1 amide bonds. The number of rotatable bonds is 6. The van der Waals surface area contributed by atoms with E-state index in [1.54, 1.807) is 24.3 Å². The van der Waals surface area contributed by atoms with E-state index in [2.05, 4.69) is 4.90 Å². The smallest absolute Gasteiger partial charge is 0.339 e. The fourth-order valence-electron chi connectivity index (χ4n) is 5.09. The third-order valence-electron chi connectivity index (χ3n) is 6.59. The number of hydrogen-bond donors (Lipinski definition) is 1. The van der Waals surface area contributed by atoms with Crippen LogP contribution in [0.2, 0.25) is 0 Å². The third kappa shape index (κ3) is 4.41. The monoisotopic (exact) mass is 448 g/mol. The molecule has 0 aliphatic carbocycles. The molecule has 0 spiro atoms. The maximum Gasteiger partial charge on any atom is 0.339 e. The van der Waals surface area contributed by atoms with Gasteiger partial charge >= 0.3 is 5.97 Å². The lowest BCUT2D eigenvalue weighted by atomic mass is 10.1. The number of carboxylic acids is 1. The molecule has 1 N–H and O–H groups in total. The number of carbonyl (C=O) groups is 2. The fraction of sp³-hybridized carbons (Fsp3) is 0.308. The van der Waals surface area contributed by atoms with Crippen LogP contribution in [0.5, 0.6) is 5.75 Å². The van der Waals surface area contributed by atoms with Crippen molar-refractivity contribution in [3.05, 3.63) is 77.6 Å². The Morgan fingerprint density at radius 2 is 1.61 bits per heavy atom. The third-order valence-corrected chi connectivity index (χ3v) is 6.59. The molecule has 7 heteroatoms. The minimum atomic E-state index is -1.09. The molecule has 2 aliphatic heterocycles. The van der Waals surface area contributed by atoms with Gasteiger partial charge in [-0.2, -0.15) is 0 Å². The van der Waals surface area contributed by atoms with E-state index >= 15 is 0 Å². The molecule has 33 heavy (non-hydrogen) atoms. The highest BCUT2D eigenvalue weighted by atomic mass is 19.1. The zero-order valence-corrected chi connectivity index (χ0v) is 18.1. The van der Waals surface area contributed by atoms with Crippen LogP contribution in [-0.2, 0) is 11.3 Å². The van der Waals surface area contributed by atoms with E-state index in [-0.39, 0.29) is 41.7 Å². The second kappa shape index (κ2) is 8.83. The van der Waals surface area contributed by atoms with E-state index in [9.17, 15) is 19.1 Å². The molecule has 2 aliphatic rings. The van der Waals surface area contributed by atoms with Crippen LogP contribution in [0.25, 0.3) is 10.8 Å². The van der Waals surface area contributed by atoms with Crippen LogP contribution < -0.4 is 4.74 Å². The highest BCUT2D eigenvalue weighted by Gasteiger charge is 2.42. The van der Waals surface area contributed by atoms with E-state index in [4.69, 9.17) is 4.74 Å². The number of piperazine rings is 1. The van der Waals surface area contributed by atoms with Gasteiger partial charge in [0.25, 0.3) is 5.91 Å². The summed E-state index contributed by atoms with van der Waals surface area (Å²) in [6.45, 7) is 2.06. The Morgan fingerprint density at radius 3 is 2.24 bits per heavy atom. The summed E-state index contributed by atoms with van der Waals surface area (Å²) >= 11 is 0. The molecule has 5 rings (SSSR count). The Kier molecular flexibility index (Phi) is 5.72. The first-order valence-corrected chi connectivity index (χ1v) is 11.1. The van der Waals surface area contributed by atoms with Gasteiger partial charge < -0.3 is 14.7 Å². The largest absolute Gasteiger partial charge is 0.483 e. The quantitative estimate of drug-likeness (QED) is 0.619. The van der Waals surface area contributed by atoms with Crippen LogP contribution in [0, 0.1) is 5.82 Å². The molecule has 2 unspecified atom stereocenters. The summed E-state index contributed by atoms with van der Waals surface area (Å²) in [5.41, 5.74) is 1.10. The minimum absolute atomic E-state index is 0.0496. The van der Waals surface area contributed by atoms with Crippen LogP contribution in [0.15, 0.2) is 60.7 Å². The summed E-state index contributed by atoms with van der Waals surface area (Å²) in [4.78, 5) is 29.0. The fourth-order valence-corrected chi connectivity index (χ4v) is 5.09. The number of aromatic carboxylic acids is 1. The number of carbonyl (C=O) groups excluding carboxylic acids is 1. The van der Waals surface area contributed by atoms with Gasteiger partial charge in [-0.05, 0) is 53.4 Å². The van der Waals surface area contributed by atoms with Crippen molar-refractivity contribution >= 4 is 22.6 Å². The lowest BCUT2D eigenvalue weighted by molar-refractivity contribution is -0.139. The van der Waals surface area contributed by atoms with Gasteiger partial charge in [0.2, 0.25) is 0 Å². The molecule has 2 bridgehead atoms. The van der Waals surface area contributed by atoms with Crippen molar-refractivity contribution in [1.29, 1.82) is 0 Å². The number of fused-ring (bicyclic) bond motifs is 3. The molecule has 0 aromatic heterocycles. The molecule has 3 aromatic carbocycles. The van der Waals surface area contributed by atoms with Crippen LogP contribution in [0.1, 0.15) is 28.8 Å². The molecular formula is C26H25FN2O4. The summed E-state index contributed by atoms with van der Waals surface area (Å²) in [5, 5.41) is 11.3.